The minimum absolute atomic E-state index is 0.781. The molecule has 1 aliphatic rings. The number of rotatable bonds is 7. The summed E-state index contributed by atoms with van der Waals surface area (Å²) in [6.45, 7) is 10.5. The number of hydrogen-bond acceptors (Lipinski definition) is 2. The van der Waals surface area contributed by atoms with Crippen molar-refractivity contribution in [3.63, 3.8) is 0 Å². The molecule has 1 heterocycles. The fourth-order valence-corrected chi connectivity index (χ4v) is 2.33. The predicted octanol–water partition coefficient (Wildman–Crippen LogP) is -1.15. The largest absolute Gasteiger partial charge is 0.487 e. The number of morpholine rings is 1. The Morgan fingerprint density at radius 3 is 2.79 bits per heavy atom. The van der Waals surface area contributed by atoms with Gasteiger partial charge in [0.15, 0.2) is 0 Å². The van der Waals surface area contributed by atoms with Gasteiger partial charge in [0.05, 0.1) is 13.2 Å². The lowest BCUT2D eigenvalue weighted by Gasteiger charge is -2.22. The van der Waals surface area contributed by atoms with Crippen LogP contribution in [0.15, 0.2) is 24.3 Å². The smallest absolute Gasteiger partial charge is 0.137 e. The number of para-hydroxylation sites is 1. The number of hydrogen-bond donors (Lipinski definition) is 2. The molecule has 0 amide bonds. The zero-order valence-electron chi connectivity index (χ0n) is 11.9. The molecule has 4 nitrogen and oxygen atoms in total. The van der Waals surface area contributed by atoms with Crippen LogP contribution >= 0.6 is 0 Å². The lowest BCUT2D eigenvalue weighted by atomic mass is 10.2. The molecule has 106 valence electrons. The van der Waals surface area contributed by atoms with E-state index >= 15 is 0 Å². The van der Waals surface area contributed by atoms with Crippen LogP contribution in [0.1, 0.15) is 5.56 Å². The van der Waals surface area contributed by atoms with Gasteiger partial charge in [0.1, 0.15) is 45.1 Å². The molecule has 0 unspecified atom stereocenters. The van der Waals surface area contributed by atoms with Gasteiger partial charge < -0.3 is 19.7 Å². The Bertz CT molecular complexity index is 365. The highest BCUT2D eigenvalue weighted by atomic mass is 16.5. The van der Waals surface area contributed by atoms with E-state index in [2.05, 4.69) is 18.3 Å². The van der Waals surface area contributed by atoms with Crippen molar-refractivity contribution in [2.75, 3.05) is 52.5 Å². The van der Waals surface area contributed by atoms with E-state index < -0.39 is 0 Å². The molecule has 0 saturated carbocycles. The summed E-state index contributed by atoms with van der Waals surface area (Å²) in [5, 5.41) is 2.35. The molecule has 19 heavy (non-hydrogen) atoms. The first kappa shape index (κ1) is 14.3. The first-order chi connectivity index (χ1) is 9.36. The van der Waals surface area contributed by atoms with E-state index in [-0.39, 0.29) is 0 Å². The van der Waals surface area contributed by atoms with Crippen molar-refractivity contribution in [2.45, 2.75) is 6.92 Å². The number of ether oxygens (including phenoxy) is 2. The summed E-state index contributed by atoms with van der Waals surface area (Å²) in [6, 6.07) is 8.18. The van der Waals surface area contributed by atoms with Gasteiger partial charge in [-0.15, -0.1) is 0 Å². The van der Waals surface area contributed by atoms with Crippen molar-refractivity contribution in [1.29, 1.82) is 0 Å². The Labute approximate surface area is 115 Å². The maximum Gasteiger partial charge on any atom is 0.137 e. The van der Waals surface area contributed by atoms with Crippen molar-refractivity contribution < 1.29 is 19.7 Å². The molecule has 0 aliphatic carbocycles. The van der Waals surface area contributed by atoms with Crippen LogP contribution in [0, 0.1) is 6.92 Å². The third kappa shape index (κ3) is 5.19. The average Bonchev–Trinajstić information content (AvgIpc) is 2.45. The van der Waals surface area contributed by atoms with Gasteiger partial charge in [-0.05, 0) is 18.6 Å². The summed E-state index contributed by atoms with van der Waals surface area (Å²) < 4.78 is 11.1. The molecule has 4 heteroatoms. The molecule has 2 rings (SSSR count). The van der Waals surface area contributed by atoms with Crippen molar-refractivity contribution in [2.24, 2.45) is 0 Å². The SMILES string of the molecule is Cc1ccccc1OCC[NH2+]CC[NH+]1CCOCC1. The minimum Gasteiger partial charge on any atom is -0.487 e. The maximum atomic E-state index is 5.77. The molecule has 0 aromatic heterocycles. The first-order valence-electron chi connectivity index (χ1n) is 7.27. The molecular formula is C15H26N2O2+2. The van der Waals surface area contributed by atoms with Crippen LogP contribution in [0.3, 0.4) is 0 Å². The molecule has 1 aromatic rings. The number of nitrogens with two attached hydrogens (primary N) is 1. The van der Waals surface area contributed by atoms with Crippen LogP contribution in [0.2, 0.25) is 0 Å². The number of benzene rings is 1. The molecule has 0 spiro atoms. The molecule has 0 bridgehead atoms. The summed E-state index contributed by atoms with van der Waals surface area (Å²) in [5.74, 6) is 1.01. The quantitative estimate of drug-likeness (QED) is 0.612. The van der Waals surface area contributed by atoms with E-state index in [9.17, 15) is 0 Å². The van der Waals surface area contributed by atoms with E-state index in [1.807, 2.05) is 18.2 Å². The van der Waals surface area contributed by atoms with Crippen LogP contribution in [0.4, 0.5) is 0 Å². The van der Waals surface area contributed by atoms with E-state index in [1.54, 1.807) is 4.90 Å². The molecule has 1 fully saturated rings. The van der Waals surface area contributed by atoms with Crippen LogP contribution in [-0.2, 0) is 4.74 Å². The predicted molar refractivity (Wildman–Crippen MR) is 74.7 cm³/mol. The van der Waals surface area contributed by atoms with Crippen LogP contribution in [-0.4, -0.2) is 52.5 Å². The normalized spacial score (nSPS) is 16.5. The fourth-order valence-electron chi connectivity index (χ4n) is 2.33. The average molecular weight is 266 g/mol. The third-order valence-corrected chi connectivity index (χ3v) is 3.58. The van der Waals surface area contributed by atoms with Crippen molar-refractivity contribution in [3.8, 4) is 5.75 Å². The molecule has 0 radical (unpaired) electrons. The lowest BCUT2D eigenvalue weighted by molar-refractivity contribution is -0.919. The molecule has 0 atom stereocenters. The minimum atomic E-state index is 0.781. The van der Waals surface area contributed by atoms with Gasteiger partial charge in [0, 0.05) is 0 Å². The zero-order valence-corrected chi connectivity index (χ0v) is 11.9. The summed E-state index contributed by atoms with van der Waals surface area (Å²) in [5.41, 5.74) is 1.21. The van der Waals surface area contributed by atoms with Gasteiger partial charge in [-0.1, -0.05) is 18.2 Å². The number of nitrogens with one attached hydrogen (secondary N) is 1. The fraction of sp³-hybridized carbons (Fsp3) is 0.600. The standard InChI is InChI=1S/C15H24N2O2/c1-14-4-2-3-5-15(14)19-11-7-16-6-8-17-9-12-18-13-10-17/h2-5,16H,6-13H2,1H3/p+2. The summed E-state index contributed by atoms with van der Waals surface area (Å²) in [4.78, 5) is 1.67. The molecule has 3 N–H and O–H groups in total. The highest BCUT2D eigenvalue weighted by Crippen LogP contribution is 2.15. The summed E-state index contributed by atoms with van der Waals surface area (Å²) in [6.07, 6.45) is 0. The van der Waals surface area contributed by atoms with Crippen molar-refractivity contribution in [1.82, 2.24) is 0 Å². The van der Waals surface area contributed by atoms with Gasteiger partial charge in [-0.25, -0.2) is 0 Å². The number of aryl methyl sites for hydroxylation is 1. The highest BCUT2D eigenvalue weighted by molar-refractivity contribution is 5.31. The second-order valence-corrected chi connectivity index (χ2v) is 5.09. The second kappa shape index (κ2) is 8.15. The van der Waals surface area contributed by atoms with Crippen LogP contribution in [0.25, 0.3) is 0 Å². The topological polar surface area (TPSA) is 39.5 Å². The van der Waals surface area contributed by atoms with Crippen molar-refractivity contribution >= 4 is 0 Å². The maximum absolute atomic E-state index is 5.77. The van der Waals surface area contributed by atoms with E-state index in [4.69, 9.17) is 9.47 Å². The summed E-state index contributed by atoms with van der Waals surface area (Å²) in [7, 11) is 0. The van der Waals surface area contributed by atoms with Gasteiger partial charge in [-0.3, -0.25) is 0 Å². The van der Waals surface area contributed by atoms with Crippen molar-refractivity contribution in [3.05, 3.63) is 29.8 Å². The second-order valence-electron chi connectivity index (χ2n) is 5.09. The van der Waals surface area contributed by atoms with Gasteiger partial charge in [-0.2, -0.15) is 0 Å². The monoisotopic (exact) mass is 266 g/mol. The van der Waals surface area contributed by atoms with Gasteiger partial charge >= 0.3 is 0 Å². The third-order valence-electron chi connectivity index (χ3n) is 3.58. The van der Waals surface area contributed by atoms with E-state index in [0.717, 1.165) is 45.2 Å². The Morgan fingerprint density at radius 1 is 1.21 bits per heavy atom. The summed E-state index contributed by atoms with van der Waals surface area (Å²) >= 11 is 0. The molecule has 1 aromatic carbocycles. The van der Waals surface area contributed by atoms with Gasteiger partial charge in [0.25, 0.3) is 0 Å². The van der Waals surface area contributed by atoms with E-state index in [0.29, 0.717) is 0 Å². The highest BCUT2D eigenvalue weighted by Gasteiger charge is 2.13. The Kier molecular flexibility index (Phi) is 6.14. The molecule has 1 saturated heterocycles. The molecule has 1 aliphatic heterocycles. The molecular weight excluding hydrogens is 240 g/mol. The lowest BCUT2D eigenvalue weighted by Crippen LogP contribution is -3.16. The zero-order chi connectivity index (χ0) is 13.3. The Hall–Kier alpha value is -1.10. The number of quaternary nitrogens is 2. The van der Waals surface area contributed by atoms with Crippen LogP contribution < -0.4 is 15.0 Å². The van der Waals surface area contributed by atoms with Crippen LogP contribution in [0.5, 0.6) is 5.75 Å². The Balaban J connectivity index is 1.51. The van der Waals surface area contributed by atoms with E-state index in [1.165, 1.54) is 18.7 Å². The Morgan fingerprint density at radius 2 is 2.00 bits per heavy atom. The first-order valence-corrected chi connectivity index (χ1v) is 7.27. The van der Waals surface area contributed by atoms with Gasteiger partial charge in [0.2, 0.25) is 0 Å².